The standard InChI is InChI=1S/C8H17N5S/c1-12(2)4-5-13(3)6-7-8(9)14-11-10-7/h4-6,9H2,1-3H3. The minimum atomic E-state index is 0.724. The lowest BCUT2D eigenvalue weighted by Crippen LogP contribution is -2.28. The molecule has 1 heterocycles. The molecule has 6 heteroatoms. The molecule has 0 spiro atoms. The highest BCUT2D eigenvalue weighted by atomic mass is 32.1. The van der Waals surface area contributed by atoms with Crippen molar-refractivity contribution in [1.29, 1.82) is 0 Å². The molecule has 0 saturated heterocycles. The lowest BCUT2D eigenvalue weighted by atomic mass is 10.4. The molecule has 14 heavy (non-hydrogen) atoms. The molecule has 0 aliphatic carbocycles. The maximum Gasteiger partial charge on any atom is 0.132 e. The van der Waals surface area contributed by atoms with Gasteiger partial charge in [-0.15, -0.1) is 5.10 Å². The van der Waals surface area contributed by atoms with Crippen molar-refractivity contribution < 1.29 is 0 Å². The second-order valence-corrected chi connectivity index (χ2v) is 4.41. The first kappa shape index (κ1) is 11.4. The number of hydrogen-bond donors (Lipinski definition) is 1. The van der Waals surface area contributed by atoms with Crippen LogP contribution in [0.3, 0.4) is 0 Å². The normalized spacial score (nSPS) is 11.5. The molecule has 80 valence electrons. The predicted octanol–water partition coefficient (Wildman–Crippen LogP) is 0.114. The molecule has 0 fully saturated rings. The number of nitrogens with zero attached hydrogens (tertiary/aromatic N) is 4. The topological polar surface area (TPSA) is 58.3 Å². The number of anilines is 1. The van der Waals surface area contributed by atoms with Gasteiger partial charge < -0.3 is 10.6 Å². The Hall–Kier alpha value is -0.720. The van der Waals surface area contributed by atoms with Crippen LogP contribution in [0.25, 0.3) is 0 Å². The molecule has 0 aromatic carbocycles. The van der Waals surface area contributed by atoms with Gasteiger partial charge in [0.1, 0.15) is 10.7 Å². The van der Waals surface area contributed by atoms with Gasteiger partial charge in [0.2, 0.25) is 0 Å². The van der Waals surface area contributed by atoms with Crippen molar-refractivity contribution in [3.63, 3.8) is 0 Å². The summed E-state index contributed by atoms with van der Waals surface area (Å²) in [5, 5.41) is 4.69. The highest BCUT2D eigenvalue weighted by molar-refractivity contribution is 7.09. The monoisotopic (exact) mass is 215 g/mol. The van der Waals surface area contributed by atoms with Gasteiger partial charge in [-0.25, -0.2) is 0 Å². The molecule has 0 saturated carbocycles. The zero-order chi connectivity index (χ0) is 10.6. The Morgan fingerprint density at radius 1 is 1.29 bits per heavy atom. The first-order valence-corrected chi connectivity index (χ1v) is 5.27. The number of likely N-dealkylation sites (N-methyl/N-ethyl adjacent to an activating group) is 2. The minimum Gasteiger partial charge on any atom is -0.388 e. The van der Waals surface area contributed by atoms with Crippen molar-refractivity contribution in [2.45, 2.75) is 6.54 Å². The van der Waals surface area contributed by atoms with Gasteiger partial charge in [0, 0.05) is 31.2 Å². The molecule has 0 amide bonds. The van der Waals surface area contributed by atoms with Crippen LogP contribution in [0.5, 0.6) is 0 Å². The molecule has 0 bridgehead atoms. The van der Waals surface area contributed by atoms with Crippen molar-refractivity contribution in [3.05, 3.63) is 5.69 Å². The van der Waals surface area contributed by atoms with Crippen LogP contribution in [0.1, 0.15) is 5.69 Å². The third-order valence-electron chi connectivity index (χ3n) is 1.93. The molecular formula is C8H17N5S. The van der Waals surface area contributed by atoms with Crippen LogP contribution in [-0.4, -0.2) is 53.6 Å². The van der Waals surface area contributed by atoms with Crippen LogP contribution in [-0.2, 0) is 6.54 Å². The second-order valence-electron chi connectivity index (χ2n) is 3.62. The summed E-state index contributed by atoms with van der Waals surface area (Å²) in [6, 6.07) is 0. The van der Waals surface area contributed by atoms with E-state index in [1.807, 2.05) is 0 Å². The van der Waals surface area contributed by atoms with E-state index in [1.54, 1.807) is 0 Å². The molecule has 0 aliphatic rings. The molecule has 0 radical (unpaired) electrons. The predicted molar refractivity (Wildman–Crippen MR) is 59.2 cm³/mol. The fourth-order valence-corrected chi connectivity index (χ4v) is 1.47. The molecule has 0 atom stereocenters. The molecular weight excluding hydrogens is 198 g/mol. The van der Waals surface area contributed by atoms with Crippen LogP contribution >= 0.6 is 11.5 Å². The number of nitrogens with two attached hydrogens (primary N) is 1. The van der Waals surface area contributed by atoms with Gasteiger partial charge in [0.25, 0.3) is 0 Å². The summed E-state index contributed by atoms with van der Waals surface area (Å²) in [5.41, 5.74) is 6.59. The maximum absolute atomic E-state index is 5.70. The van der Waals surface area contributed by atoms with Gasteiger partial charge in [-0.1, -0.05) is 4.49 Å². The largest absolute Gasteiger partial charge is 0.388 e. The van der Waals surface area contributed by atoms with Gasteiger partial charge in [0.15, 0.2) is 0 Å². The smallest absolute Gasteiger partial charge is 0.132 e. The van der Waals surface area contributed by atoms with E-state index in [9.17, 15) is 0 Å². The summed E-state index contributed by atoms with van der Waals surface area (Å²) in [6.45, 7) is 2.81. The maximum atomic E-state index is 5.70. The fraction of sp³-hybridized carbons (Fsp3) is 0.750. The SMILES string of the molecule is CN(C)CCN(C)Cc1nnsc1N. The average molecular weight is 215 g/mol. The Labute approximate surface area is 88.7 Å². The summed E-state index contributed by atoms with van der Waals surface area (Å²) in [5.74, 6) is 0. The zero-order valence-corrected chi connectivity index (χ0v) is 9.71. The third kappa shape index (κ3) is 3.57. The van der Waals surface area contributed by atoms with Gasteiger partial charge in [-0.05, 0) is 21.1 Å². The van der Waals surface area contributed by atoms with Crippen molar-refractivity contribution in [2.24, 2.45) is 0 Å². The Morgan fingerprint density at radius 2 is 2.00 bits per heavy atom. The van der Waals surface area contributed by atoms with E-state index in [0.29, 0.717) is 0 Å². The van der Waals surface area contributed by atoms with Crippen LogP contribution in [0.2, 0.25) is 0 Å². The number of hydrogen-bond acceptors (Lipinski definition) is 6. The molecule has 1 aromatic heterocycles. The van der Waals surface area contributed by atoms with E-state index < -0.39 is 0 Å². The van der Waals surface area contributed by atoms with E-state index >= 15 is 0 Å². The molecule has 5 nitrogen and oxygen atoms in total. The van der Waals surface area contributed by atoms with E-state index in [-0.39, 0.29) is 0 Å². The summed E-state index contributed by atoms with van der Waals surface area (Å²) >= 11 is 1.25. The van der Waals surface area contributed by atoms with Crippen molar-refractivity contribution in [2.75, 3.05) is 40.0 Å². The van der Waals surface area contributed by atoms with Gasteiger partial charge in [-0.3, -0.25) is 4.90 Å². The lowest BCUT2D eigenvalue weighted by molar-refractivity contribution is 0.274. The van der Waals surface area contributed by atoms with Crippen LogP contribution in [0.15, 0.2) is 0 Å². The number of aromatic nitrogens is 2. The molecule has 0 aliphatic heterocycles. The van der Waals surface area contributed by atoms with Gasteiger partial charge >= 0.3 is 0 Å². The Balaban J connectivity index is 2.34. The minimum absolute atomic E-state index is 0.724. The van der Waals surface area contributed by atoms with E-state index in [4.69, 9.17) is 5.73 Å². The number of rotatable bonds is 5. The number of nitrogen functional groups attached to an aromatic ring is 1. The molecule has 1 aromatic rings. The molecule has 2 N–H and O–H groups in total. The Morgan fingerprint density at radius 3 is 2.50 bits per heavy atom. The third-order valence-corrected chi connectivity index (χ3v) is 2.53. The van der Waals surface area contributed by atoms with E-state index in [2.05, 4.69) is 40.5 Å². The van der Waals surface area contributed by atoms with Crippen LogP contribution < -0.4 is 5.73 Å². The lowest BCUT2D eigenvalue weighted by Gasteiger charge is -2.18. The fourth-order valence-electron chi connectivity index (χ4n) is 1.03. The second kappa shape index (κ2) is 5.23. The Kier molecular flexibility index (Phi) is 4.24. The van der Waals surface area contributed by atoms with Gasteiger partial charge in [-0.2, -0.15) is 0 Å². The Bertz CT molecular complexity index is 272. The first-order valence-electron chi connectivity index (χ1n) is 4.49. The van der Waals surface area contributed by atoms with Gasteiger partial charge in [0.05, 0.1) is 0 Å². The molecule has 0 unspecified atom stereocenters. The average Bonchev–Trinajstić information content (AvgIpc) is 2.49. The first-order chi connectivity index (χ1) is 6.59. The quantitative estimate of drug-likeness (QED) is 0.755. The highest BCUT2D eigenvalue weighted by Crippen LogP contribution is 2.13. The van der Waals surface area contributed by atoms with E-state index in [1.165, 1.54) is 11.5 Å². The summed E-state index contributed by atoms with van der Waals surface area (Å²) < 4.78 is 3.80. The van der Waals surface area contributed by atoms with Crippen molar-refractivity contribution >= 4 is 16.5 Å². The summed E-state index contributed by atoms with van der Waals surface area (Å²) in [7, 11) is 6.18. The summed E-state index contributed by atoms with van der Waals surface area (Å²) in [6.07, 6.45) is 0. The van der Waals surface area contributed by atoms with Crippen LogP contribution in [0.4, 0.5) is 5.00 Å². The van der Waals surface area contributed by atoms with Crippen LogP contribution in [0, 0.1) is 0 Å². The van der Waals surface area contributed by atoms with E-state index in [0.717, 1.165) is 30.3 Å². The zero-order valence-electron chi connectivity index (χ0n) is 8.90. The highest BCUT2D eigenvalue weighted by Gasteiger charge is 2.07. The molecule has 1 rings (SSSR count). The van der Waals surface area contributed by atoms with Crippen molar-refractivity contribution in [3.8, 4) is 0 Å². The van der Waals surface area contributed by atoms with Crippen molar-refractivity contribution in [1.82, 2.24) is 19.4 Å². The summed E-state index contributed by atoms with van der Waals surface area (Å²) in [4.78, 5) is 4.34.